The van der Waals surface area contributed by atoms with Gasteiger partial charge in [0.05, 0.1) is 6.04 Å². The van der Waals surface area contributed by atoms with Gasteiger partial charge in [-0.3, -0.25) is 9.59 Å². The van der Waals surface area contributed by atoms with Gasteiger partial charge in [0, 0.05) is 32.0 Å². The molecule has 4 N–H and O–H groups in total. The highest BCUT2D eigenvalue weighted by Gasteiger charge is 2.13. The van der Waals surface area contributed by atoms with Crippen LogP contribution in [-0.2, 0) is 14.3 Å². The van der Waals surface area contributed by atoms with Gasteiger partial charge >= 0.3 is 0 Å². The third-order valence-corrected chi connectivity index (χ3v) is 2.67. The lowest BCUT2D eigenvalue weighted by Gasteiger charge is -2.12. The van der Waals surface area contributed by atoms with Crippen LogP contribution in [0.3, 0.4) is 0 Å². The smallest absolute Gasteiger partial charge is 0.241 e. The molecule has 110 valence electrons. The van der Waals surface area contributed by atoms with Crippen LogP contribution in [-0.4, -0.2) is 31.6 Å². The van der Waals surface area contributed by atoms with E-state index in [4.69, 9.17) is 10.5 Å². The zero-order valence-electron chi connectivity index (χ0n) is 11.8. The van der Waals surface area contributed by atoms with Crippen molar-refractivity contribution in [3.63, 3.8) is 0 Å². The molecular formula is C14H21N3O3. The molecule has 20 heavy (non-hydrogen) atoms. The Morgan fingerprint density at radius 1 is 1.20 bits per heavy atom. The molecule has 6 heteroatoms. The Morgan fingerprint density at radius 3 is 2.25 bits per heavy atom. The van der Waals surface area contributed by atoms with E-state index in [0.29, 0.717) is 24.4 Å². The Kier molecular flexibility index (Phi) is 6.69. The molecule has 0 aliphatic rings. The van der Waals surface area contributed by atoms with Gasteiger partial charge in [-0.1, -0.05) is 0 Å². The van der Waals surface area contributed by atoms with Crippen molar-refractivity contribution in [1.82, 2.24) is 0 Å². The molecule has 0 bridgehead atoms. The third kappa shape index (κ3) is 5.81. The number of nitrogens with one attached hydrogen (secondary N) is 2. The maximum atomic E-state index is 11.8. The predicted molar refractivity (Wildman–Crippen MR) is 78.5 cm³/mol. The van der Waals surface area contributed by atoms with Crippen LogP contribution in [0.4, 0.5) is 11.4 Å². The monoisotopic (exact) mass is 279 g/mol. The summed E-state index contributed by atoms with van der Waals surface area (Å²) in [4.78, 5) is 22.7. The van der Waals surface area contributed by atoms with Crippen LogP contribution in [0, 0.1) is 0 Å². The molecule has 1 aromatic carbocycles. The lowest BCUT2D eigenvalue weighted by molar-refractivity contribution is -0.117. The summed E-state index contributed by atoms with van der Waals surface area (Å²) >= 11 is 0. The molecule has 6 nitrogen and oxygen atoms in total. The van der Waals surface area contributed by atoms with E-state index >= 15 is 0 Å². The summed E-state index contributed by atoms with van der Waals surface area (Å²) in [6.45, 7) is 2.03. The van der Waals surface area contributed by atoms with Gasteiger partial charge in [0.1, 0.15) is 0 Å². The first-order valence-electron chi connectivity index (χ1n) is 6.46. The van der Waals surface area contributed by atoms with E-state index in [1.54, 1.807) is 31.4 Å². The molecule has 1 rings (SSSR count). The Balaban J connectivity index is 2.47. The molecule has 1 unspecified atom stereocenters. The SMILES string of the molecule is COCCCC(N)C(=O)Nc1ccc(NC(C)=O)cc1. The Hall–Kier alpha value is -1.92. The van der Waals surface area contributed by atoms with Crippen molar-refractivity contribution in [2.75, 3.05) is 24.4 Å². The van der Waals surface area contributed by atoms with Crippen LogP contribution in [0.5, 0.6) is 0 Å². The number of hydrogen-bond acceptors (Lipinski definition) is 4. The molecule has 0 saturated carbocycles. The minimum absolute atomic E-state index is 0.137. The minimum atomic E-state index is -0.555. The van der Waals surface area contributed by atoms with Crippen molar-refractivity contribution < 1.29 is 14.3 Å². The number of anilines is 2. The Morgan fingerprint density at radius 2 is 1.75 bits per heavy atom. The molecule has 2 amide bonds. The van der Waals surface area contributed by atoms with Crippen molar-refractivity contribution in [3.05, 3.63) is 24.3 Å². The Bertz CT molecular complexity index is 445. The molecule has 0 spiro atoms. The summed E-state index contributed by atoms with van der Waals surface area (Å²) < 4.78 is 4.91. The topological polar surface area (TPSA) is 93.4 Å². The maximum absolute atomic E-state index is 11.8. The second-order valence-electron chi connectivity index (χ2n) is 4.49. The van der Waals surface area contributed by atoms with Crippen molar-refractivity contribution in [3.8, 4) is 0 Å². The molecule has 0 aliphatic heterocycles. The first-order chi connectivity index (χ1) is 9.52. The lowest BCUT2D eigenvalue weighted by atomic mass is 10.1. The normalized spacial score (nSPS) is 11.8. The highest BCUT2D eigenvalue weighted by atomic mass is 16.5. The van der Waals surface area contributed by atoms with Crippen LogP contribution in [0.1, 0.15) is 19.8 Å². The molecular weight excluding hydrogens is 258 g/mol. The summed E-state index contributed by atoms with van der Waals surface area (Å²) in [5.74, 6) is -0.365. The molecule has 0 saturated heterocycles. The zero-order chi connectivity index (χ0) is 15.0. The van der Waals surface area contributed by atoms with Gasteiger partial charge in [0.15, 0.2) is 0 Å². The number of ether oxygens (including phenoxy) is 1. The molecule has 0 aliphatic carbocycles. The van der Waals surface area contributed by atoms with Crippen LogP contribution >= 0.6 is 0 Å². The van der Waals surface area contributed by atoms with Gasteiger partial charge < -0.3 is 21.1 Å². The van der Waals surface area contributed by atoms with Crippen molar-refractivity contribution in [1.29, 1.82) is 0 Å². The predicted octanol–water partition coefficient (Wildman–Crippen LogP) is 1.34. The van der Waals surface area contributed by atoms with Crippen molar-refractivity contribution >= 4 is 23.2 Å². The van der Waals surface area contributed by atoms with E-state index < -0.39 is 6.04 Å². The molecule has 0 fully saturated rings. The summed E-state index contributed by atoms with van der Waals surface area (Å²) in [6, 6.07) is 6.30. The lowest BCUT2D eigenvalue weighted by Crippen LogP contribution is -2.35. The van der Waals surface area contributed by atoms with Gasteiger partial charge in [-0.05, 0) is 37.1 Å². The summed E-state index contributed by atoms with van der Waals surface area (Å²) in [7, 11) is 1.61. The van der Waals surface area contributed by atoms with E-state index in [2.05, 4.69) is 10.6 Å². The second kappa shape index (κ2) is 8.29. The number of hydrogen-bond donors (Lipinski definition) is 3. The second-order valence-corrected chi connectivity index (χ2v) is 4.49. The quantitative estimate of drug-likeness (QED) is 0.656. The number of nitrogens with two attached hydrogens (primary N) is 1. The largest absolute Gasteiger partial charge is 0.385 e. The van der Waals surface area contributed by atoms with Gasteiger partial charge in [0.2, 0.25) is 11.8 Å². The van der Waals surface area contributed by atoms with Crippen LogP contribution < -0.4 is 16.4 Å². The van der Waals surface area contributed by atoms with E-state index in [1.807, 2.05) is 0 Å². The number of amides is 2. The fourth-order valence-electron chi connectivity index (χ4n) is 1.65. The number of benzene rings is 1. The van der Waals surface area contributed by atoms with Crippen molar-refractivity contribution in [2.45, 2.75) is 25.8 Å². The minimum Gasteiger partial charge on any atom is -0.385 e. The fraction of sp³-hybridized carbons (Fsp3) is 0.429. The maximum Gasteiger partial charge on any atom is 0.241 e. The highest BCUT2D eigenvalue weighted by Crippen LogP contribution is 2.14. The Labute approximate surface area is 118 Å². The summed E-state index contributed by atoms with van der Waals surface area (Å²) in [5, 5.41) is 5.38. The molecule has 0 radical (unpaired) electrons. The number of methoxy groups -OCH3 is 1. The standard InChI is InChI=1S/C14H21N3O3/c1-10(18)16-11-5-7-12(8-6-11)17-14(19)13(15)4-3-9-20-2/h5-8,13H,3-4,9,15H2,1-2H3,(H,16,18)(H,17,19). The van der Waals surface area contributed by atoms with E-state index in [0.717, 1.165) is 6.42 Å². The van der Waals surface area contributed by atoms with E-state index in [9.17, 15) is 9.59 Å². The zero-order valence-corrected chi connectivity index (χ0v) is 11.8. The molecule has 1 atom stereocenters. The molecule has 0 heterocycles. The number of carbonyl (C=O) groups is 2. The van der Waals surface area contributed by atoms with Crippen LogP contribution in [0.25, 0.3) is 0 Å². The first kappa shape index (κ1) is 16.1. The van der Waals surface area contributed by atoms with Crippen LogP contribution in [0.15, 0.2) is 24.3 Å². The van der Waals surface area contributed by atoms with Gasteiger partial charge in [-0.15, -0.1) is 0 Å². The number of rotatable bonds is 7. The van der Waals surface area contributed by atoms with E-state index in [-0.39, 0.29) is 11.8 Å². The van der Waals surface area contributed by atoms with Crippen molar-refractivity contribution in [2.24, 2.45) is 5.73 Å². The van der Waals surface area contributed by atoms with Crippen LogP contribution in [0.2, 0.25) is 0 Å². The first-order valence-corrected chi connectivity index (χ1v) is 6.46. The summed E-state index contributed by atoms with van der Waals surface area (Å²) in [5.41, 5.74) is 7.10. The highest BCUT2D eigenvalue weighted by molar-refractivity contribution is 5.95. The molecule has 0 aromatic heterocycles. The van der Waals surface area contributed by atoms with Gasteiger partial charge in [-0.25, -0.2) is 0 Å². The fourth-order valence-corrected chi connectivity index (χ4v) is 1.65. The van der Waals surface area contributed by atoms with Gasteiger partial charge in [-0.2, -0.15) is 0 Å². The molecule has 1 aromatic rings. The average molecular weight is 279 g/mol. The third-order valence-electron chi connectivity index (χ3n) is 2.67. The van der Waals surface area contributed by atoms with E-state index in [1.165, 1.54) is 6.92 Å². The number of carbonyl (C=O) groups excluding carboxylic acids is 2. The van der Waals surface area contributed by atoms with Gasteiger partial charge in [0.25, 0.3) is 0 Å². The average Bonchev–Trinajstić information content (AvgIpc) is 2.40. The summed E-state index contributed by atoms with van der Waals surface area (Å²) in [6.07, 6.45) is 1.32.